The summed E-state index contributed by atoms with van der Waals surface area (Å²) in [6.45, 7) is 5.15. The second-order valence-electron chi connectivity index (χ2n) is 5.35. The molecule has 0 atom stereocenters. The second kappa shape index (κ2) is 5.46. The third-order valence-corrected chi connectivity index (χ3v) is 6.37. The normalized spacial score (nSPS) is 19.8. The lowest BCUT2D eigenvalue weighted by Gasteiger charge is -2.36. The van der Waals surface area contributed by atoms with Crippen LogP contribution in [0.25, 0.3) is 0 Å². The average Bonchev–Trinajstić information content (AvgIpc) is 2.37. The molecule has 1 heterocycles. The number of rotatable bonds is 3. The monoisotopic (exact) mass is 316 g/mol. The van der Waals surface area contributed by atoms with Crippen molar-refractivity contribution in [3.05, 3.63) is 18.2 Å². The fraction of sp³-hybridized carbons (Fsp3) is 0.538. The Hall–Kier alpha value is -0.920. The molecule has 1 saturated heterocycles. The van der Waals surface area contributed by atoms with E-state index in [1.54, 1.807) is 17.8 Å². The van der Waals surface area contributed by atoms with Crippen molar-refractivity contribution in [2.45, 2.75) is 23.5 Å². The van der Waals surface area contributed by atoms with E-state index in [-0.39, 0.29) is 9.64 Å². The number of nitrogens with zero attached hydrogens (tertiary/aromatic N) is 1. The molecule has 0 aliphatic carbocycles. The summed E-state index contributed by atoms with van der Waals surface area (Å²) in [6, 6.07) is 4.58. The first kappa shape index (κ1) is 15.5. The fourth-order valence-electron chi connectivity index (χ4n) is 2.18. The smallest absolute Gasteiger partial charge is 0.243 e. The summed E-state index contributed by atoms with van der Waals surface area (Å²) in [4.78, 5) is 0.228. The molecule has 1 aliphatic rings. The summed E-state index contributed by atoms with van der Waals surface area (Å²) in [7, 11) is -2.02. The van der Waals surface area contributed by atoms with Crippen LogP contribution in [0.2, 0.25) is 0 Å². The Labute approximate surface area is 124 Å². The molecule has 1 aromatic rings. The predicted molar refractivity (Wildman–Crippen MR) is 82.7 cm³/mol. The number of benzene rings is 1. The van der Waals surface area contributed by atoms with Crippen molar-refractivity contribution in [1.82, 2.24) is 4.31 Å². The van der Waals surface area contributed by atoms with Crippen LogP contribution in [0.5, 0.6) is 5.75 Å². The van der Waals surface area contributed by atoms with Crippen LogP contribution in [0.1, 0.15) is 13.8 Å². The molecule has 0 radical (unpaired) electrons. The molecule has 1 aromatic carbocycles. The van der Waals surface area contributed by atoms with Gasteiger partial charge < -0.3 is 10.5 Å². The summed E-state index contributed by atoms with van der Waals surface area (Å²) in [6.07, 6.45) is 0. The largest absolute Gasteiger partial charge is 0.495 e. The highest BCUT2D eigenvalue weighted by molar-refractivity contribution is 8.00. The Balaban J connectivity index is 2.35. The number of sulfonamides is 1. The highest BCUT2D eigenvalue weighted by Crippen LogP contribution is 2.33. The quantitative estimate of drug-likeness (QED) is 0.861. The Kier molecular flexibility index (Phi) is 4.22. The van der Waals surface area contributed by atoms with Gasteiger partial charge in [-0.3, -0.25) is 0 Å². The summed E-state index contributed by atoms with van der Waals surface area (Å²) in [5, 5.41) is 0. The molecule has 1 fully saturated rings. The zero-order chi connectivity index (χ0) is 15.0. The molecule has 2 N–H and O–H groups in total. The van der Waals surface area contributed by atoms with E-state index in [1.165, 1.54) is 23.5 Å². The van der Waals surface area contributed by atoms with Crippen molar-refractivity contribution < 1.29 is 13.2 Å². The highest BCUT2D eigenvalue weighted by atomic mass is 32.2. The first-order chi connectivity index (χ1) is 9.26. The summed E-state index contributed by atoms with van der Waals surface area (Å²) in [5.41, 5.74) is 6.16. The zero-order valence-electron chi connectivity index (χ0n) is 11.9. The van der Waals surface area contributed by atoms with Gasteiger partial charge in [-0.15, -0.1) is 0 Å². The third-order valence-electron chi connectivity index (χ3n) is 3.23. The molecule has 1 aliphatic heterocycles. The maximum Gasteiger partial charge on any atom is 0.243 e. The number of thioether (sulfide) groups is 1. The summed E-state index contributed by atoms with van der Waals surface area (Å²) < 4.78 is 31.9. The van der Waals surface area contributed by atoms with E-state index in [1.807, 2.05) is 0 Å². The summed E-state index contributed by atoms with van der Waals surface area (Å²) in [5.74, 6) is 1.19. The number of hydrogen-bond donors (Lipinski definition) is 1. The van der Waals surface area contributed by atoms with E-state index in [0.717, 1.165) is 5.75 Å². The van der Waals surface area contributed by atoms with Gasteiger partial charge in [-0.2, -0.15) is 16.1 Å². The molecule has 0 amide bonds. The number of ether oxygens (including phenoxy) is 1. The molecule has 7 heteroatoms. The van der Waals surface area contributed by atoms with Crippen LogP contribution < -0.4 is 10.5 Å². The molecule has 0 spiro atoms. The van der Waals surface area contributed by atoms with Crippen molar-refractivity contribution >= 4 is 27.5 Å². The Bertz CT molecular complexity index is 600. The molecule has 0 unspecified atom stereocenters. The van der Waals surface area contributed by atoms with E-state index < -0.39 is 10.0 Å². The van der Waals surface area contributed by atoms with Gasteiger partial charge in [-0.05, 0) is 26.0 Å². The van der Waals surface area contributed by atoms with Crippen LogP contribution in [0.15, 0.2) is 23.1 Å². The van der Waals surface area contributed by atoms with Crippen LogP contribution in [-0.2, 0) is 10.0 Å². The van der Waals surface area contributed by atoms with Crippen molar-refractivity contribution in [3.8, 4) is 5.75 Å². The molecule has 5 nitrogen and oxygen atoms in total. The molecular formula is C13H20N2O3S2. The van der Waals surface area contributed by atoms with Gasteiger partial charge in [0.2, 0.25) is 10.0 Å². The molecule has 112 valence electrons. The van der Waals surface area contributed by atoms with Crippen molar-refractivity contribution in [3.63, 3.8) is 0 Å². The fourth-order valence-corrected chi connectivity index (χ4v) is 5.11. The van der Waals surface area contributed by atoms with Gasteiger partial charge in [0.15, 0.2) is 0 Å². The van der Waals surface area contributed by atoms with Gasteiger partial charge in [0.05, 0.1) is 17.7 Å². The van der Waals surface area contributed by atoms with E-state index in [2.05, 4.69) is 13.8 Å². The number of methoxy groups -OCH3 is 1. The van der Waals surface area contributed by atoms with E-state index in [9.17, 15) is 8.42 Å². The SMILES string of the molecule is COc1cc(S(=O)(=O)N2CCSC(C)(C)C2)ccc1N. The summed E-state index contributed by atoms with van der Waals surface area (Å²) >= 11 is 1.79. The number of nitrogens with two attached hydrogens (primary N) is 1. The number of anilines is 1. The Morgan fingerprint density at radius 2 is 2.10 bits per heavy atom. The standard InChI is InChI=1S/C13H20N2O3S2/c1-13(2)9-15(6-7-19-13)20(16,17)10-4-5-11(14)12(8-10)18-3/h4-5,8H,6-7,9,14H2,1-3H3. The third kappa shape index (κ3) is 3.05. The van der Waals surface area contributed by atoms with Crippen LogP contribution in [0, 0.1) is 0 Å². The minimum atomic E-state index is -3.50. The Morgan fingerprint density at radius 3 is 2.70 bits per heavy atom. The van der Waals surface area contributed by atoms with Crippen molar-refractivity contribution in [1.29, 1.82) is 0 Å². The minimum Gasteiger partial charge on any atom is -0.495 e. The van der Waals surface area contributed by atoms with Crippen LogP contribution in [0.4, 0.5) is 5.69 Å². The first-order valence-corrected chi connectivity index (χ1v) is 8.76. The van der Waals surface area contributed by atoms with Crippen molar-refractivity contribution in [2.75, 3.05) is 31.7 Å². The topological polar surface area (TPSA) is 72.6 Å². The lowest BCUT2D eigenvalue weighted by atomic mass is 10.2. The molecule has 20 heavy (non-hydrogen) atoms. The Morgan fingerprint density at radius 1 is 1.40 bits per heavy atom. The zero-order valence-corrected chi connectivity index (χ0v) is 13.6. The van der Waals surface area contributed by atoms with Crippen LogP contribution >= 0.6 is 11.8 Å². The van der Waals surface area contributed by atoms with E-state index >= 15 is 0 Å². The predicted octanol–water partition coefficient (Wildman–Crippen LogP) is 1.79. The maximum absolute atomic E-state index is 12.7. The highest BCUT2D eigenvalue weighted by Gasteiger charge is 2.34. The van der Waals surface area contributed by atoms with Gasteiger partial charge in [0.1, 0.15) is 5.75 Å². The van der Waals surface area contributed by atoms with E-state index in [0.29, 0.717) is 24.5 Å². The van der Waals surface area contributed by atoms with Gasteiger partial charge in [0.25, 0.3) is 0 Å². The molecule has 0 aromatic heterocycles. The van der Waals surface area contributed by atoms with Gasteiger partial charge >= 0.3 is 0 Å². The molecule has 0 bridgehead atoms. The number of hydrogen-bond acceptors (Lipinski definition) is 5. The average molecular weight is 316 g/mol. The van der Waals surface area contributed by atoms with E-state index in [4.69, 9.17) is 10.5 Å². The van der Waals surface area contributed by atoms with Gasteiger partial charge in [0, 0.05) is 29.7 Å². The van der Waals surface area contributed by atoms with Gasteiger partial charge in [-0.1, -0.05) is 0 Å². The molecule has 2 rings (SSSR count). The number of nitrogen functional groups attached to an aromatic ring is 1. The van der Waals surface area contributed by atoms with Gasteiger partial charge in [-0.25, -0.2) is 8.42 Å². The van der Waals surface area contributed by atoms with Crippen LogP contribution in [0.3, 0.4) is 0 Å². The lowest BCUT2D eigenvalue weighted by molar-refractivity contribution is 0.386. The van der Waals surface area contributed by atoms with Crippen LogP contribution in [-0.4, -0.2) is 43.4 Å². The lowest BCUT2D eigenvalue weighted by Crippen LogP contribution is -2.46. The second-order valence-corrected chi connectivity index (χ2v) is 9.09. The molecule has 0 saturated carbocycles. The maximum atomic E-state index is 12.7. The van der Waals surface area contributed by atoms with Crippen molar-refractivity contribution in [2.24, 2.45) is 0 Å². The first-order valence-electron chi connectivity index (χ1n) is 6.34. The molecular weight excluding hydrogens is 296 g/mol. The minimum absolute atomic E-state index is 0.0663.